The predicted molar refractivity (Wildman–Crippen MR) is 51.8 cm³/mol. The molecule has 0 atom stereocenters. The van der Waals surface area contributed by atoms with Crippen molar-refractivity contribution in [3.8, 4) is 0 Å². The van der Waals surface area contributed by atoms with Gasteiger partial charge in [0.15, 0.2) is 0 Å². The highest BCUT2D eigenvalue weighted by molar-refractivity contribution is 5.19. The molecule has 0 fully saturated rings. The van der Waals surface area contributed by atoms with Crippen LogP contribution in [0.1, 0.15) is 26.2 Å². The molecule has 1 aliphatic carbocycles. The standard InChI is InChI=1S/C11H16O/c1-2-3-10-12-11-8-6-4-5-7-9-11/h4-8H,2-3,9-10H2,1H3. The highest BCUT2D eigenvalue weighted by atomic mass is 16.5. The largest absolute Gasteiger partial charge is 0.498 e. The van der Waals surface area contributed by atoms with Gasteiger partial charge < -0.3 is 4.74 Å². The summed E-state index contributed by atoms with van der Waals surface area (Å²) in [5.74, 6) is 1.08. The van der Waals surface area contributed by atoms with E-state index in [4.69, 9.17) is 4.74 Å². The molecular formula is C11H16O. The number of hydrogen-bond donors (Lipinski definition) is 0. The van der Waals surface area contributed by atoms with Crippen molar-refractivity contribution in [2.75, 3.05) is 6.61 Å². The Bertz CT molecular complexity index is 199. The molecule has 0 saturated carbocycles. The topological polar surface area (TPSA) is 9.23 Å². The summed E-state index contributed by atoms with van der Waals surface area (Å²) in [4.78, 5) is 0. The maximum absolute atomic E-state index is 5.56. The van der Waals surface area contributed by atoms with Gasteiger partial charge in [-0.1, -0.05) is 37.6 Å². The van der Waals surface area contributed by atoms with E-state index in [9.17, 15) is 0 Å². The number of unbranched alkanes of at least 4 members (excludes halogenated alkanes) is 1. The molecule has 0 aromatic heterocycles. The molecule has 0 aliphatic heterocycles. The molecule has 1 heteroatoms. The highest BCUT2D eigenvalue weighted by Crippen LogP contribution is 2.08. The summed E-state index contributed by atoms with van der Waals surface area (Å²) >= 11 is 0. The summed E-state index contributed by atoms with van der Waals surface area (Å²) in [6.45, 7) is 3.02. The molecule has 0 amide bonds. The summed E-state index contributed by atoms with van der Waals surface area (Å²) in [5, 5.41) is 0. The van der Waals surface area contributed by atoms with Crippen molar-refractivity contribution in [1.29, 1.82) is 0 Å². The maximum Gasteiger partial charge on any atom is 0.0997 e. The smallest absolute Gasteiger partial charge is 0.0997 e. The first-order chi connectivity index (χ1) is 5.93. The van der Waals surface area contributed by atoms with Crippen LogP contribution in [0.3, 0.4) is 0 Å². The molecule has 0 heterocycles. The van der Waals surface area contributed by atoms with Gasteiger partial charge in [0, 0.05) is 6.42 Å². The zero-order valence-corrected chi connectivity index (χ0v) is 7.62. The fraction of sp³-hybridized carbons (Fsp3) is 0.455. The van der Waals surface area contributed by atoms with Gasteiger partial charge in [0.1, 0.15) is 0 Å². The van der Waals surface area contributed by atoms with Crippen molar-refractivity contribution in [2.45, 2.75) is 26.2 Å². The Kier molecular flexibility index (Phi) is 4.28. The van der Waals surface area contributed by atoms with Crippen LogP contribution in [-0.4, -0.2) is 6.61 Å². The second kappa shape index (κ2) is 5.64. The van der Waals surface area contributed by atoms with E-state index < -0.39 is 0 Å². The summed E-state index contributed by atoms with van der Waals surface area (Å²) < 4.78 is 5.56. The van der Waals surface area contributed by atoms with Gasteiger partial charge in [-0.05, 0) is 12.5 Å². The van der Waals surface area contributed by atoms with Gasteiger partial charge in [-0.3, -0.25) is 0 Å². The Labute approximate surface area is 74.4 Å². The summed E-state index contributed by atoms with van der Waals surface area (Å²) in [6.07, 6.45) is 13.5. The minimum Gasteiger partial charge on any atom is -0.498 e. The Hall–Kier alpha value is -0.980. The molecule has 12 heavy (non-hydrogen) atoms. The molecule has 0 unspecified atom stereocenters. The van der Waals surface area contributed by atoms with Crippen molar-refractivity contribution < 1.29 is 4.74 Å². The molecule has 1 rings (SSSR count). The lowest BCUT2D eigenvalue weighted by molar-refractivity contribution is 0.203. The quantitative estimate of drug-likeness (QED) is 0.580. The first-order valence-corrected chi connectivity index (χ1v) is 4.58. The van der Waals surface area contributed by atoms with Crippen LogP contribution in [0, 0.1) is 0 Å². The van der Waals surface area contributed by atoms with Crippen LogP contribution in [-0.2, 0) is 4.74 Å². The number of ether oxygens (including phenoxy) is 1. The van der Waals surface area contributed by atoms with Gasteiger partial charge in [-0.15, -0.1) is 0 Å². The molecule has 0 N–H and O–H groups in total. The van der Waals surface area contributed by atoms with Crippen molar-refractivity contribution in [3.05, 3.63) is 36.1 Å². The summed E-state index contributed by atoms with van der Waals surface area (Å²) in [5.41, 5.74) is 0. The van der Waals surface area contributed by atoms with Gasteiger partial charge in [0.25, 0.3) is 0 Å². The van der Waals surface area contributed by atoms with Gasteiger partial charge in [-0.2, -0.15) is 0 Å². The van der Waals surface area contributed by atoms with E-state index in [1.807, 2.05) is 24.3 Å². The van der Waals surface area contributed by atoms with Gasteiger partial charge in [0.05, 0.1) is 12.4 Å². The third-order valence-corrected chi connectivity index (χ3v) is 1.74. The van der Waals surface area contributed by atoms with E-state index in [1.54, 1.807) is 0 Å². The van der Waals surface area contributed by atoms with Crippen molar-refractivity contribution in [1.82, 2.24) is 0 Å². The lowest BCUT2D eigenvalue weighted by atomic mass is 10.3. The number of rotatable bonds is 4. The Morgan fingerprint density at radius 2 is 2.25 bits per heavy atom. The first-order valence-electron chi connectivity index (χ1n) is 4.58. The molecule has 0 radical (unpaired) electrons. The molecule has 0 aromatic carbocycles. The van der Waals surface area contributed by atoms with Gasteiger partial charge in [0.2, 0.25) is 0 Å². The van der Waals surface area contributed by atoms with Crippen molar-refractivity contribution >= 4 is 0 Å². The van der Waals surface area contributed by atoms with Crippen LogP contribution >= 0.6 is 0 Å². The molecule has 0 saturated heterocycles. The fourth-order valence-electron chi connectivity index (χ4n) is 1.01. The Balaban J connectivity index is 2.26. The summed E-state index contributed by atoms with van der Waals surface area (Å²) in [7, 11) is 0. The van der Waals surface area contributed by atoms with E-state index in [1.165, 1.54) is 6.42 Å². The van der Waals surface area contributed by atoms with Crippen LogP contribution in [0.2, 0.25) is 0 Å². The van der Waals surface area contributed by atoms with Crippen LogP contribution < -0.4 is 0 Å². The lowest BCUT2D eigenvalue weighted by Gasteiger charge is -2.06. The third-order valence-electron chi connectivity index (χ3n) is 1.74. The first kappa shape index (κ1) is 9.11. The monoisotopic (exact) mass is 164 g/mol. The van der Waals surface area contributed by atoms with Crippen molar-refractivity contribution in [2.24, 2.45) is 0 Å². The van der Waals surface area contributed by atoms with E-state index in [-0.39, 0.29) is 0 Å². The highest BCUT2D eigenvalue weighted by Gasteiger charge is 1.95. The number of allylic oxidation sites excluding steroid dienone is 5. The minimum atomic E-state index is 0.851. The normalized spacial score (nSPS) is 15.6. The molecule has 1 aliphatic rings. The SMILES string of the molecule is CCCCOC1=CC=CC=CC1. The lowest BCUT2D eigenvalue weighted by Crippen LogP contribution is -1.93. The van der Waals surface area contributed by atoms with Crippen LogP contribution in [0.25, 0.3) is 0 Å². The minimum absolute atomic E-state index is 0.851. The molecule has 0 bridgehead atoms. The van der Waals surface area contributed by atoms with E-state index in [0.29, 0.717) is 0 Å². The van der Waals surface area contributed by atoms with Crippen molar-refractivity contribution in [3.63, 3.8) is 0 Å². The van der Waals surface area contributed by atoms with Gasteiger partial charge >= 0.3 is 0 Å². The molecule has 0 aromatic rings. The third kappa shape index (κ3) is 3.42. The van der Waals surface area contributed by atoms with Gasteiger partial charge in [-0.25, -0.2) is 0 Å². The maximum atomic E-state index is 5.56. The molecule has 1 nitrogen and oxygen atoms in total. The zero-order chi connectivity index (χ0) is 8.65. The summed E-state index contributed by atoms with van der Waals surface area (Å²) in [6, 6.07) is 0. The molecular weight excluding hydrogens is 148 g/mol. The van der Waals surface area contributed by atoms with Crippen LogP contribution in [0.5, 0.6) is 0 Å². The van der Waals surface area contributed by atoms with E-state index in [0.717, 1.165) is 25.2 Å². The van der Waals surface area contributed by atoms with E-state index in [2.05, 4.69) is 13.0 Å². The number of hydrogen-bond acceptors (Lipinski definition) is 1. The van der Waals surface area contributed by atoms with Crippen LogP contribution in [0.4, 0.5) is 0 Å². The van der Waals surface area contributed by atoms with E-state index >= 15 is 0 Å². The Morgan fingerprint density at radius 3 is 3.08 bits per heavy atom. The second-order valence-corrected chi connectivity index (χ2v) is 2.85. The average molecular weight is 164 g/mol. The Morgan fingerprint density at radius 1 is 1.33 bits per heavy atom. The zero-order valence-electron chi connectivity index (χ0n) is 7.62. The average Bonchev–Trinajstić information content (AvgIpc) is 2.33. The second-order valence-electron chi connectivity index (χ2n) is 2.85. The fourth-order valence-corrected chi connectivity index (χ4v) is 1.01. The van der Waals surface area contributed by atoms with Crippen LogP contribution in [0.15, 0.2) is 36.1 Å². The molecule has 66 valence electrons. The molecule has 0 spiro atoms. The predicted octanol–water partition coefficient (Wildman–Crippen LogP) is 3.20.